The average molecular weight is 488 g/mol. The maximum absolute atomic E-state index is 2.29. The molecule has 0 rings (SSSR count). The van der Waals surface area contributed by atoms with Gasteiger partial charge < -0.3 is 39.2 Å². The zero-order valence-corrected chi connectivity index (χ0v) is 22.8. The number of hydrogen-bond donors (Lipinski definition) is 2. The monoisotopic (exact) mass is 486 g/mol. The molecule has 0 radical (unpaired) electrons. The van der Waals surface area contributed by atoms with Crippen molar-refractivity contribution in [1.82, 2.24) is 0 Å². The topological polar surface area (TPSA) is 8.88 Å². The van der Waals surface area contributed by atoms with Gasteiger partial charge in [0.05, 0.1) is 39.3 Å². The summed E-state index contributed by atoms with van der Waals surface area (Å²) in [5.41, 5.74) is 0. The van der Waals surface area contributed by atoms with Crippen LogP contribution in [0.2, 0.25) is 0 Å². The van der Waals surface area contributed by atoms with E-state index in [1.54, 1.807) is 0 Å². The smallest absolute Gasteiger partial charge is 0.0770 e. The second-order valence-corrected chi connectivity index (χ2v) is 8.12. The summed E-state index contributed by atoms with van der Waals surface area (Å²) in [6, 6.07) is 0. The Labute approximate surface area is 196 Å². The molecule has 0 aromatic heterocycles. The molecule has 0 aromatic carbocycles. The van der Waals surface area contributed by atoms with Gasteiger partial charge in [0.15, 0.2) is 0 Å². The molecule has 2 nitrogen and oxygen atoms in total. The highest BCUT2D eigenvalue weighted by Gasteiger charge is 2.06. The van der Waals surface area contributed by atoms with Crippen LogP contribution in [0.3, 0.4) is 0 Å². The lowest BCUT2D eigenvalue weighted by atomic mass is 10.2. The molecule has 0 fully saturated rings. The van der Waals surface area contributed by atoms with Crippen LogP contribution in [0.4, 0.5) is 0 Å². The van der Waals surface area contributed by atoms with Crippen LogP contribution in [0.1, 0.15) is 119 Å². The molecule has 176 valence electrons. The molecule has 2 N–H and O–H groups in total. The standard InChI is InChI=1S/2C12H27N.BrH.ClH/c2*1-4-7-10-13(11-8-5-2)12-9-6-3;;/h2*4-12H2,1-3H3;2*1H. The van der Waals surface area contributed by atoms with E-state index in [-0.39, 0.29) is 29.4 Å². The molecule has 0 aliphatic heterocycles. The van der Waals surface area contributed by atoms with E-state index in [0.717, 1.165) is 0 Å². The third-order valence-corrected chi connectivity index (χ3v) is 5.30. The number of quaternary nitrogens is 2. The van der Waals surface area contributed by atoms with E-state index >= 15 is 0 Å². The van der Waals surface area contributed by atoms with Gasteiger partial charge in [-0.1, -0.05) is 80.1 Å². The molecule has 0 saturated heterocycles. The predicted molar refractivity (Wildman–Crippen MR) is 121 cm³/mol. The summed E-state index contributed by atoms with van der Waals surface area (Å²) >= 11 is 0. The number of unbranched alkanes of at least 4 members (excludes halogenated alkanes) is 6. The first kappa shape index (κ1) is 36.1. The number of halogens is 2. The van der Waals surface area contributed by atoms with Crippen LogP contribution in [-0.4, -0.2) is 39.3 Å². The van der Waals surface area contributed by atoms with Crippen LogP contribution in [0.25, 0.3) is 0 Å². The summed E-state index contributed by atoms with van der Waals surface area (Å²) in [5.74, 6) is 0. The van der Waals surface area contributed by atoms with E-state index in [9.17, 15) is 0 Å². The first-order valence-electron chi connectivity index (χ1n) is 12.4. The third-order valence-electron chi connectivity index (χ3n) is 5.30. The fraction of sp³-hybridized carbons (Fsp3) is 1.00. The third kappa shape index (κ3) is 28.9. The first-order chi connectivity index (χ1) is 12.7. The van der Waals surface area contributed by atoms with Crippen molar-refractivity contribution in [3.05, 3.63) is 0 Å². The van der Waals surface area contributed by atoms with Crippen molar-refractivity contribution < 1.29 is 39.2 Å². The quantitative estimate of drug-likeness (QED) is 0.234. The maximum atomic E-state index is 2.29. The lowest BCUT2D eigenvalue weighted by Gasteiger charge is -2.18. The van der Waals surface area contributed by atoms with Gasteiger partial charge in [0.1, 0.15) is 0 Å². The summed E-state index contributed by atoms with van der Waals surface area (Å²) < 4.78 is 0. The van der Waals surface area contributed by atoms with Gasteiger partial charge in [0.2, 0.25) is 0 Å². The van der Waals surface area contributed by atoms with Crippen molar-refractivity contribution in [3.63, 3.8) is 0 Å². The molecular formula is C24H56BrClN2. The van der Waals surface area contributed by atoms with Crippen LogP contribution in [0, 0.1) is 0 Å². The van der Waals surface area contributed by atoms with Gasteiger partial charge in [-0.05, 0) is 38.5 Å². The number of hydrogen-bond acceptors (Lipinski definition) is 0. The van der Waals surface area contributed by atoms with Crippen molar-refractivity contribution in [2.24, 2.45) is 0 Å². The average Bonchev–Trinajstić information content (AvgIpc) is 2.67. The molecule has 0 atom stereocenters. The Morgan fingerprint density at radius 2 is 0.500 bits per heavy atom. The fourth-order valence-corrected chi connectivity index (χ4v) is 3.31. The molecule has 0 saturated carbocycles. The SMILES string of the molecule is CCCC[NH+](CCCC)CCCC.CCCC[NH+](CCCC)CCCC.[Br-].[Cl-]. The van der Waals surface area contributed by atoms with Gasteiger partial charge in [-0.3, -0.25) is 0 Å². The lowest BCUT2D eigenvalue weighted by Crippen LogP contribution is -3.12. The van der Waals surface area contributed by atoms with E-state index in [1.807, 2.05) is 9.80 Å². The van der Waals surface area contributed by atoms with Crippen molar-refractivity contribution >= 4 is 0 Å². The molecule has 0 heterocycles. The summed E-state index contributed by atoms with van der Waals surface area (Å²) in [7, 11) is 0. The summed E-state index contributed by atoms with van der Waals surface area (Å²) in [6.45, 7) is 22.1. The zero-order chi connectivity index (χ0) is 19.9. The molecule has 0 amide bonds. The molecule has 4 heteroatoms. The molecule has 0 aliphatic rings. The van der Waals surface area contributed by atoms with Gasteiger partial charge in [0.25, 0.3) is 0 Å². The highest BCUT2D eigenvalue weighted by Crippen LogP contribution is 1.86. The largest absolute Gasteiger partial charge is 1.00 e. The van der Waals surface area contributed by atoms with Crippen LogP contribution in [-0.2, 0) is 0 Å². The van der Waals surface area contributed by atoms with E-state index in [0.29, 0.717) is 0 Å². The molecule has 0 spiro atoms. The van der Waals surface area contributed by atoms with Gasteiger partial charge in [-0.2, -0.15) is 0 Å². The van der Waals surface area contributed by atoms with Crippen molar-refractivity contribution in [3.8, 4) is 0 Å². The van der Waals surface area contributed by atoms with Crippen LogP contribution < -0.4 is 39.2 Å². The normalized spacial score (nSPS) is 10.3. The van der Waals surface area contributed by atoms with Crippen molar-refractivity contribution in [2.45, 2.75) is 119 Å². The zero-order valence-electron chi connectivity index (χ0n) is 20.5. The summed E-state index contributed by atoms with van der Waals surface area (Å²) in [6.07, 6.45) is 16.5. The Balaban J connectivity index is -0.000000192. The Hall–Kier alpha value is 0.690. The van der Waals surface area contributed by atoms with E-state index in [1.165, 1.54) is 116 Å². The molecule has 0 aliphatic carbocycles. The van der Waals surface area contributed by atoms with Gasteiger partial charge in [-0.25, -0.2) is 0 Å². The first-order valence-corrected chi connectivity index (χ1v) is 12.4. The van der Waals surface area contributed by atoms with E-state index < -0.39 is 0 Å². The predicted octanol–water partition coefficient (Wildman–Crippen LogP) is -1.45. The Morgan fingerprint density at radius 1 is 0.357 bits per heavy atom. The van der Waals surface area contributed by atoms with E-state index in [2.05, 4.69) is 41.5 Å². The molecule has 0 bridgehead atoms. The minimum Gasteiger partial charge on any atom is -1.00 e. The summed E-state index contributed by atoms with van der Waals surface area (Å²) in [5, 5.41) is 0. The lowest BCUT2D eigenvalue weighted by molar-refractivity contribution is -0.900. The maximum Gasteiger partial charge on any atom is 0.0770 e. The van der Waals surface area contributed by atoms with Crippen molar-refractivity contribution in [1.29, 1.82) is 0 Å². The van der Waals surface area contributed by atoms with Crippen LogP contribution >= 0.6 is 0 Å². The minimum atomic E-state index is 0. The van der Waals surface area contributed by atoms with Crippen molar-refractivity contribution in [2.75, 3.05) is 39.3 Å². The number of rotatable bonds is 18. The number of nitrogens with one attached hydrogen (secondary N) is 2. The Kier molecular flexibility index (Phi) is 41.7. The molecule has 28 heavy (non-hydrogen) atoms. The summed E-state index contributed by atoms with van der Waals surface area (Å²) in [4.78, 5) is 3.68. The molecular weight excluding hydrogens is 432 g/mol. The van der Waals surface area contributed by atoms with Crippen LogP contribution in [0.5, 0.6) is 0 Å². The second kappa shape index (κ2) is 32.4. The Bertz CT molecular complexity index is 181. The second-order valence-electron chi connectivity index (χ2n) is 8.12. The van der Waals surface area contributed by atoms with Gasteiger partial charge in [-0.15, -0.1) is 0 Å². The highest BCUT2D eigenvalue weighted by atomic mass is 79.9. The van der Waals surface area contributed by atoms with E-state index in [4.69, 9.17) is 0 Å². The highest BCUT2D eigenvalue weighted by molar-refractivity contribution is 4.38. The molecule has 0 unspecified atom stereocenters. The molecule has 0 aromatic rings. The van der Waals surface area contributed by atoms with Gasteiger partial charge >= 0.3 is 0 Å². The van der Waals surface area contributed by atoms with Gasteiger partial charge in [0, 0.05) is 0 Å². The van der Waals surface area contributed by atoms with Crippen LogP contribution in [0.15, 0.2) is 0 Å². The fourth-order valence-electron chi connectivity index (χ4n) is 3.31. The minimum absolute atomic E-state index is 0. The Morgan fingerprint density at radius 3 is 0.607 bits per heavy atom.